The van der Waals surface area contributed by atoms with Crippen molar-refractivity contribution in [3.63, 3.8) is 0 Å². The molecule has 4 rings (SSSR count). The van der Waals surface area contributed by atoms with Crippen molar-refractivity contribution in [1.29, 1.82) is 0 Å². The second kappa shape index (κ2) is 8.00. The van der Waals surface area contributed by atoms with Gasteiger partial charge >= 0.3 is 0 Å². The Morgan fingerprint density at radius 2 is 1.90 bits per heavy atom. The Bertz CT molecular complexity index is 1080. The number of amides is 1. The summed E-state index contributed by atoms with van der Waals surface area (Å²) in [5.74, 6) is 1.41. The maximum Gasteiger partial charge on any atom is 0.270 e. The third kappa shape index (κ3) is 3.97. The molecule has 1 amide bonds. The summed E-state index contributed by atoms with van der Waals surface area (Å²) in [5, 5.41) is 22.2. The predicted octanol–water partition coefficient (Wildman–Crippen LogP) is 4.49. The van der Waals surface area contributed by atoms with Crippen molar-refractivity contribution >= 4 is 28.9 Å². The fourth-order valence-electron chi connectivity index (χ4n) is 3.40. The predicted molar refractivity (Wildman–Crippen MR) is 109 cm³/mol. The summed E-state index contributed by atoms with van der Waals surface area (Å²) in [6, 6.07) is 11.1. The van der Waals surface area contributed by atoms with Crippen LogP contribution >= 0.6 is 11.6 Å². The maximum absolute atomic E-state index is 12.5. The van der Waals surface area contributed by atoms with Crippen molar-refractivity contribution in [2.45, 2.75) is 32.2 Å². The van der Waals surface area contributed by atoms with Crippen molar-refractivity contribution in [3.05, 3.63) is 69.0 Å². The maximum atomic E-state index is 12.5. The van der Waals surface area contributed by atoms with Crippen LogP contribution in [0.25, 0.3) is 11.4 Å². The molecule has 29 heavy (non-hydrogen) atoms. The number of hydrogen-bond acceptors (Lipinski definition) is 5. The van der Waals surface area contributed by atoms with Gasteiger partial charge in [0.15, 0.2) is 5.82 Å². The molecule has 1 aliphatic rings. The Kier molecular flexibility index (Phi) is 5.26. The minimum Gasteiger partial charge on any atom is -0.322 e. The van der Waals surface area contributed by atoms with E-state index in [0.717, 1.165) is 49.1 Å². The van der Waals surface area contributed by atoms with Gasteiger partial charge in [-0.2, -0.15) is 0 Å². The summed E-state index contributed by atoms with van der Waals surface area (Å²) in [6.45, 7) is 0.912. The van der Waals surface area contributed by atoms with Gasteiger partial charge in [0.05, 0.1) is 15.5 Å². The molecular weight excluding hydrogens is 394 g/mol. The Morgan fingerprint density at radius 1 is 1.10 bits per heavy atom. The second-order valence-electron chi connectivity index (χ2n) is 6.85. The number of nitro groups is 1. The van der Waals surface area contributed by atoms with Crippen LogP contribution in [0.15, 0.2) is 42.5 Å². The highest BCUT2D eigenvalue weighted by Gasteiger charge is 2.17. The number of nitro benzene ring substituents is 1. The van der Waals surface area contributed by atoms with Crippen molar-refractivity contribution in [2.24, 2.45) is 0 Å². The number of nitrogens with zero attached hydrogens (tertiary/aromatic N) is 4. The van der Waals surface area contributed by atoms with Gasteiger partial charge in [0.2, 0.25) is 0 Å². The molecule has 0 radical (unpaired) electrons. The van der Waals surface area contributed by atoms with Crippen LogP contribution in [0.1, 0.15) is 35.4 Å². The lowest BCUT2D eigenvalue weighted by molar-refractivity contribution is -0.384. The molecule has 148 valence electrons. The van der Waals surface area contributed by atoms with Crippen LogP contribution in [0.2, 0.25) is 5.02 Å². The Hall–Kier alpha value is -3.26. The quantitative estimate of drug-likeness (QED) is 0.503. The first-order chi connectivity index (χ1) is 14.0. The van der Waals surface area contributed by atoms with Crippen LogP contribution in [-0.4, -0.2) is 25.6 Å². The van der Waals surface area contributed by atoms with Crippen LogP contribution in [-0.2, 0) is 13.0 Å². The monoisotopic (exact) mass is 411 g/mol. The fraction of sp³-hybridized carbons (Fsp3) is 0.250. The third-order valence-electron chi connectivity index (χ3n) is 4.92. The first-order valence-electron chi connectivity index (χ1n) is 9.31. The number of anilines is 1. The van der Waals surface area contributed by atoms with Crippen LogP contribution in [0.3, 0.4) is 0 Å². The Balaban J connectivity index is 1.51. The standard InChI is InChI=1S/C20H18ClN5O3/c21-17-12-15(26(28)29)9-10-16(17)20(27)22-14-7-5-13(6-8-14)19-24-23-18-4-2-1-3-11-25(18)19/h5-10,12H,1-4,11H2,(H,22,27). The highest BCUT2D eigenvalue weighted by atomic mass is 35.5. The number of benzene rings is 2. The zero-order chi connectivity index (χ0) is 20.4. The number of aromatic nitrogens is 3. The van der Waals surface area contributed by atoms with E-state index >= 15 is 0 Å². The molecule has 8 nitrogen and oxygen atoms in total. The number of halogens is 1. The number of fused-ring (bicyclic) bond motifs is 1. The lowest BCUT2D eigenvalue weighted by Gasteiger charge is -2.09. The van der Waals surface area contributed by atoms with Gasteiger partial charge < -0.3 is 9.88 Å². The van der Waals surface area contributed by atoms with E-state index in [1.54, 1.807) is 12.1 Å². The van der Waals surface area contributed by atoms with Gasteiger partial charge in [0, 0.05) is 36.3 Å². The summed E-state index contributed by atoms with van der Waals surface area (Å²) in [5.41, 5.74) is 1.52. The van der Waals surface area contributed by atoms with E-state index in [9.17, 15) is 14.9 Å². The summed E-state index contributed by atoms with van der Waals surface area (Å²) >= 11 is 6.02. The number of carbonyl (C=O) groups excluding carboxylic acids is 1. The molecule has 0 saturated carbocycles. The van der Waals surface area contributed by atoms with Crippen LogP contribution in [0.5, 0.6) is 0 Å². The average Bonchev–Trinajstić information content (AvgIpc) is 2.96. The van der Waals surface area contributed by atoms with Crippen molar-refractivity contribution < 1.29 is 9.72 Å². The zero-order valence-corrected chi connectivity index (χ0v) is 16.2. The number of carbonyl (C=O) groups is 1. The molecule has 0 unspecified atom stereocenters. The van der Waals surface area contributed by atoms with Gasteiger partial charge in [-0.15, -0.1) is 10.2 Å². The SMILES string of the molecule is O=C(Nc1ccc(-c2nnc3n2CCCCC3)cc1)c1ccc([N+](=O)[O-])cc1Cl. The molecule has 1 N–H and O–H groups in total. The largest absolute Gasteiger partial charge is 0.322 e. The fourth-order valence-corrected chi connectivity index (χ4v) is 3.66. The molecular formula is C20H18ClN5O3. The van der Waals surface area contributed by atoms with Crippen molar-refractivity contribution in [2.75, 3.05) is 5.32 Å². The number of aryl methyl sites for hydroxylation is 1. The van der Waals surface area contributed by atoms with E-state index in [-0.39, 0.29) is 16.3 Å². The van der Waals surface area contributed by atoms with Gasteiger partial charge in [0.25, 0.3) is 11.6 Å². The van der Waals surface area contributed by atoms with E-state index in [1.807, 2.05) is 12.1 Å². The van der Waals surface area contributed by atoms with Gasteiger partial charge in [-0.1, -0.05) is 18.0 Å². The molecule has 2 heterocycles. The number of non-ortho nitro benzene ring substituents is 1. The molecule has 0 spiro atoms. The van der Waals surface area contributed by atoms with E-state index in [0.29, 0.717) is 5.69 Å². The number of hydrogen-bond donors (Lipinski definition) is 1. The van der Waals surface area contributed by atoms with Gasteiger partial charge in [0.1, 0.15) is 5.82 Å². The summed E-state index contributed by atoms with van der Waals surface area (Å²) in [4.78, 5) is 22.7. The average molecular weight is 412 g/mol. The molecule has 1 aromatic heterocycles. The minimum absolute atomic E-state index is 0.0273. The molecule has 3 aromatic rings. The topological polar surface area (TPSA) is 103 Å². The lowest BCUT2D eigenvalue weighted by Crippen LogP contribution is -2.12. The highest BCUT2D eigenvalue weighted by Crippen LogP contribution is 2.26. The normalized spacial score (nSPS) is 13.4. The highest BCUT2D eigenvalue weighted by molar-refractivity contribution is 6.34. The summed E-state index contributed by atoms with van der Waals surface area (Å²) in [6.07, 6.45) is 4.38. The smallest absolute Gasteiger partial charge is 0.270 e. The van der Waals surface area contributed by atoms with Crippen molar-refractivity contribution in [3.8, 4) is 11.4 Å². The molecule has 1 aliphatic heterocycles. The molecule has 9 heteroatoms. The van der Waals surface area contributed by atoms with Gasteiger partial charge in [-0.25, -0.2) is 0 Å². The van der Waals surface area contributed by atoms with Crippen LogP contribution < -0.4 is 5.32 Å². The Morgan fingerprint density at radius 3 is 2.62 bits per heavy atom. The first-order valence-corrected chi connectivity index (χ1v) is 9.68. The van der Waals surface area contributed by atoms with Crippen molar-refractivity contribution in [1.82, 2.24) is 14.8 Å². The first kappa shape index (κ1) is 19.1. The van der Waals surface area contributed by atoms with Crippen LogP contribution in [0.4, 0.5) is 11.4 Å². The number of rotatable bonds is 4. The molecule has 0 atom stereocenters. The Labute approximate surface area is 171 Å². The summed E-state index contributed by atoms with van der Waals surface area (Å²) in [7, 11) is 0. The molecule has 0 saturated heterocycles. The molecule has 2 aromatic carbocycles. The minimum atomic E-state index is -0.558. The van der Waals surface area contributed by atoms with E-state index in [2.05, 4.69) is 20.1 Å². The van der Waals surface area contributed by atoms with Gasteiger partial charge in [-0.3, -0.25) is 14.9 Å². The number of nitrogens with one attached hydrogen (secondary N) is 1. The third-order valence-corrected chi connectivity index (χ3v) is 5.23. The zero-order valence-electron chi connectivity index (χ0n) is 15.5. The van der Waals surface area contributed by atoms with E-state index in [1.165, 1.54) is 18.6 Å². The van der Waals surface area contributed by atoms with E-state index in [4.69, 9.17) is 11.6 Å². The van der Waals surface area contributed by atoms with Crippen LogP contribution in [0, 0.1) is 10.1 Å². The molecule has 0 bridgehead atoms. The molecule has 0 aliphatic carbocycles. The lowest BCUT2D eigenvalue weighted by atomic mass is 10.1. The van der Waals surface area contributed by atoms with Gasteiger partial charge in [-0.05, 0) is 43.2 Å². The second-order valence-corrected chi connectivity index (χ2v) is 7.26. The summed E-state index contributed by atoms with van der Waals surface area (Å²) < 4.78 is 2.16. The van der Waals surface area contributed by atoms with E-state index < -0.39 is 10.8 Å². The molecule has 0 fully saturated rings.